The lowest BCUT2D eigenvalue weighted by Crippen LogP contribution is -2.51. The first-order valence-electron chi connectivity index (χ1n) is 10.8. The van der Waals surface area contributed by atoms with E-state index >= 15 is 0 Å². The molecule has 1 atom stereocenters. The fourth-order valence-electron chi connectivity index (χ4n) is 3.38. The first kappa shape index (κ1) is 26.2. The highest BCUT2D eigenvalue weighted by molar-refractivity contribution is 7.92. The van der Waals surface area contributed by atoms with Crippen molar-refractivity contribution in [3.05, 3.63) is 59.7 Å². The molecule has 0 spiro atoms. The van der Waals surface area contributed by atoms with E-state index in [-0.39, 0.29) is 12.5 Å². The maximum absolute atomic E-state index is 13.5. The molecule has 0 aliphatic carbocycles. The third kappa shape index (κ3) is 7.21. The molecule has 2 rings (SSSR count). The monoisotopic (exact) mass is 475 g/mol. The van der Waals surface area contributed by atoms with Crippen molar-refractivity contribution >= 4 is 27.5 Å². The maximum atomic E-state index is 13.5. The first-order chi connectivity index (χ1) is 15.6. The molecule has 2 aromatic rings. The van der Waals surface area contributed by atoms with E-state index in [1.807, 2.05) is 13.0 Å². The smallest absolute Gasteiger partial charge is 0.244 e. The van der Waals surface area contributed by atoms with E-state index in [0.29, 0.717) is 18.0 Å². The number of nitrogens with one attached hydrogen (secondary N) is 1. The van der Waals surface area contributed by atoms with Gasteiger partial charge in [-0.1, -0.05) is 37.3 Å². The molecule has 1 unspecified atom stereocenters. The first-order valence-corrected chi connectivity index (χ1v) is 12.7. The molecule has 180 valence electrons. The SMILES string of the molecule is CCCNC(=O)C(C)N(Cc1cccc(OC)c1)C(=O)CN(c1ccccc1C)S(C)(=O)=O. The number of aryl methyl sites for hydroxylation is 1. The lowest BCUT2D eigenvalue weighted by molar-refractivity contribution is -0.139. The summed E-state index contributed by atoms with van der Waals surface area (Å²) in [6.07, 6.45) is 1.83. The molecule has 0 aliphatic heterocycles. The Morgan fingerprint density at radius 2 is 1.82 bits per heavy atom. The Balaban J connectivity index is 2.39. The summed E-state index contributed by atoms with van der Waals surface area (Å²) in [5.41, 5.74) is 1.92. The van der Waals surface area contributed by atoms with Gasteiger partial charge in [-0.05, 0) is 49.6 Å². The van der Waals surface area contributed by atoms with Gasteiger partial charge in [-0.15, -0.1) is 0 Å². The number of ether oxygens (including phenoxy) is 1. The van der Waals surface area contributed by atoms with E-state index in [1.54, 1.807) is 63.4 Å². The molecule has 9 heteroatoms. The Morgan fingerprint density at radius 1 is 1.12 bits per heavy atom. The van der Waals surface area contributed by atoms with Crippen molar-refractivity contribution in [3.8, 4) is 5.75 Å². The van der Waals surface area contributed by atoms with Crippen molar-refractivity contribution in [2.75, 3.05) is 30.8 Å². The number of carbonyl (C=O) groups is 2. The Labute approximate surface area is 196 Å². The van der Waals surface area contributed by atoms with Gasteiger partial charge < -0.3 is 15.0 Å². The van der Waals surface area contributed by atoms with Crippen molar-refractivity contribution in [2.24, 2.45) is 0 Å². The number of hydrogen-bond donors (Lipinski definition) is 1. The number of para-hydroxylation sites is 1. The van der Waals surface area contributed by atoms with Gasteiger partial charge in [0.15, 0.2) is 0 Å². The van der Waals surface area contributed by atoms with Crippen molar-refractivity contribution in [3.63, 3.8) is 0 Å². The highest BCUT2D eigenvalue weighted by Gasteiger charge is 2.30. The molecule has 2 aromatic carbocycles. The summed E-state index contributed by atoms with van der Waals surface area (Å²) in [6.45, 7) is 5.56. The Morgan fingerprint density at radius 3 is 2.42 bits per heavy atom. The second kappa shape index (κ2) is 11.7. The molecule has 0 heterocycles. The van der Waals surface area contributed by atoms with Crippen LogP contribution >= 0.6 is 0 Å². The average Bonchev–Trinajstić information content (AvgIpc) is 2.78. The fourth-order valence-corrected chi connectivity index (χ4v) is 4.29. The number of hydrogen-bond acceptors (Lipinski definition) is 5. The Hall–Kier alpha value is -3.07. The zero-order chi connectivity index (χ0) is 24.6. The third-order valence-corrected chi connectivity index (χ3v) is 6.39. The lowest BCUT2D eigenvalue weighted by atomic mass is 10.1. The second-order valence-corrected chi connectivity index (χ2v) is 9.80. The third-order valence-electron chi connectivity index (χ3n) is 5.27. The zero-order valence-corrected chi connectivity index (χ0v) is 20.7. The topological polar surface area (TPSA) is 96.0 Å². The van der Waals surface area contributed by atoms with Crippen molar-refractivity contribution < 1.29 is 22.7 Å². The maximum Gasteiger partial charge on any atom is 0.244 e. The van der Waals surface area contributed by atoms with Crippen LogP contribution in [0.5, 0.6) is 5.75 Å². The molecule has 0 bridgehead atoms. The molecule has 0 radical (unpaired) electrons. The van der Waals surface area contributed by atoms with Gasteiger partial charge >= 0.3 is 0 Å². The summed E-state index contributed by atoms with van der Waals surface area (Å²) in [7, 11) is -2.20. The molecular weight excluding hydrogens is 442 g/mol. The van der Waals surface area contributed by atoms with Crippen molar-refractivity contribution in [2.45, 2.75) is 39.8 Å². The van der Waals surface area contributed by atoms with E-state index in [9.17, 15) is 18.0 Å². The Bertz CT molecular complexity index is 1070. The van der Waals surface area contributed by atoms with E-state index in [1.165, 1.54) is 4.90 Å². The number of anilines is 1. The molecule has 0 fully saturated rings. The van der Waals surface area contributed by atoms with Gasteiger partial charge in [0.05, 0.1) is 19.1 Å². The van der Waals surface area contributed by atoms with Gasteiger partial charge in [0.25, 0.3) is 0 Å². The van der Waals surface area contributed by atoms with Crippen LogP contribution in [0, 0.1) is 6.92 Å². The number of benzene rings is 2. The van der Waals surface area contributed by atoms with Gasteiger partial charge in [-0.25, -0.2) is 8.42 Å². The minimum Gasteiger partial charge on any atom is -0.497 e. The predicted molar refractivity (Wildman–Crippen MR) is 130 cm³/mol. The summed E-state index contributed by atoms with van der Waals surface area (Å²) in [4.78, 5) is 27.6. The summed E-state index contributed by atoms with van der Waals surface area (Å²) in [6, 6.07) is 13.4. The minimum absolute atomic E-state index is 0.127. The Kier molecular flexibility index (Phi) is 9.28. The van der Waals surface area contributed by atoms with Crippen molar-refractivity contribution in [1.82, 2.24) is 10.2 Å². The van der Waals surface area contributed by atoms with Crippen LogP contribution in [0.1, 0.15) is 31.4 Å². The summed E-state index contributed by atoms with van der Waals surface area (Å²) in [5.74, 6) is -0.152. The van der Waals surface area contributed by atoms with Crippen LogP contribution in [0.15, 0.2) is 48.5 Å². The zero-order valence-electron chi connectivity index (χ0n) is 19.9. The number of rotatable bonds is 11. The molecule has 0 aliphatic rings. The van der Waals surface area contributed by atoms with Crippen LogP contribution in [-0.2, 0) is 26.2 Å². The van der Waals surface area contributed by atoms with E-state index in [0.717, 1.165) is 28.1 Å². The van der Waals surface area contributed by atoms with E-state index < -0.39 is 28.5 Å². The minimum atomic E-state index is -3.75. The van der Waals surface area contributed by atoms with Crippen LogP contribution < -0.4 is 14.4 Å². The molecule has 33 heavy (non-hydrogen) atoms. The van der Waals surface area contributed by atoms with Crippen LogP contribution in [0.25, 0.3) is 0 Å². The molecule has 0 saturated heterocycles. The summed E-state index contributed by atoms with van der Waals surface area (Å²) in [5, 5.41) is 2.81. The fraction of sp³-hybridized carbons (Fsp3) is 0.417. The number of methoxy groups -OCH3 is 1. The normalized spacial score (nSPS) is 12.0. The lowest BCUT2D eigenvalue weighted by Gasteiger charge is -2.32. The highest BCUT2D eigenvalue weighted by Crippen LogP contribution is 2.23. The van der Waals surface area contributed by atoms with Gasteiger partial charge in [-0.2, -0.15) is 0 Å². The standard InChI is InChI=1S/C24H33N3O5S/c1-6-14-25-24(29)19(3)26(16-20-11-9-12-21(15-20)32-4)23(28)17-27(33(5,30)31)22-13-8-7-10-18(22)2/h7-13,15,19H,6,14,16-17H2,1-5H3,(H,25,29). The molecule has 8 nitrogen and oxygen atoms in total. The average molecular weight is 476 g/mol. The molecule has 2 amide bonds. The van der Waals surface area contributed by atoms with Crippen LogP contribution in [0.2, 0.25) is 0 Å². The summed E-state index contributed by atoms with van der Waals surface area (Å²) >= 11 is 0. The van der Waals surface area contributed by atoms with Crippen LogP contribution in [0.4, 0.5) is 5.69 Å². The molecular formula is C24H33N3O5S. The second-order valence-electron chi connectivity index (χ2n) is 7.90. The number of amides is 2. The van der Waals surface area contributed by atoms with Crippen LogP contribution in [0.3, 0.4) is 0 Å². The van der Waals surface area contributed by atoms with Gasteiger partial charge in [-0.3, -0.25) is 13.9 Å². The molecule has 0 aromatic heterocycles. The largest absolute Gasteiger partial charge is 0.497 e. The number of sulfonamides is 1. The van der Waals surface area contributed by atoms with Crippen molar-refractivity contribution in [1.29, 1.82) is 0 Å². The molecule has 0 saturated carbocycles. The van der Waals surface area contributed by atoms with E-state index in [4.69, 9.17) is 4.74 Å². The quantitative estimate of drug-likeness (QED) is 0.539. The van der Waals surface area contributed by atoms with Gasteiger partial charge in [0.1, 0.15) is 18.3 Å². The summed E-state index contributed by atoms with van der Waals surface area (Å²) < 4.78 is 31.5. The number of nitrogens with zero attached hydrogens (tertiary/aromatic N) is 2. The van der Waals surface area contributed by atoms with Gasteiger partial charge in [0, 0.05) is 13.1 Å². The molecule has 1 N–H and O–H groups in total. The number of carbonyl (C=O) groups excluding carboxylic acids is 2. The predicted octanol–water partition coefficient (Wildman–Crippen LogP) is 2.71. The van der Waals surface area contributed by atoms with E-state index in [2.05, 4.69) is 5.32 Å². The highest BCUT2D eigenvalue weighted by atomic mass is 32.2. The van der Waals surface area contributed by atoms with Gasteiger partial charge in [0.2, 0.25) is 21.8 Å². The van der Waals surface area contributed by atoms with Crippen LogP contribution in [-0.4, -0.2) is 57.6 Å².